The van der Waals surface area contributed by atoms with Crippen molar-refractivity contribution in [2.24, 2.45) is 0 Å². The van der Waals surface area contributed by atoms with Crippen molar-refractivity contribution in [2.45, 2.75) is 26.7 Å². The standard InChI is InChI=1S/C22H25N3O4/c1-14-9-15(2)11-16(10-14)22(28)23-13-20(26)24-17-6-7-19(29-3)18(12-17)25-8-4-5-21(25)27/h6-7,9-12H,4-5,8,13H2,1-3H3,(H,23,28)(H,24,26). The van der Waals surface area contributed by atoms with Crippen LogP contribution < -0.4 is 20.3 Å². The number of ether oxygens (including phenoxy) is 1. The first-order valence-electron chi connectivity index (χ1n) is 9.52. The number of benzene rings is 2. The predicted octanol–water partition coefficient (Wildman–Crippen LogP) is 2.81. The summed E-state index contributed by atoms with van der Waals surface area (Å²) >= 11 is 0. The molecular weight excluding hydrogens is 370 g/mol. The maximum Gasteiger partial charge on any atom is 0.251 e. The Kier molecular flexibility index (Phi) is 6.16. The van der Waals surface area contributed by atoms with E-state index in [0.29, 0.717) is 35.7 Å². The summed E-state index contributed by atoms with van der Waals surface area (Å²) in [6.45, 7) is 4.31. The molecule has 0 saturated carbocycles. The van der Waals surface area contributed by atoms with Crippen molar-refractivity contribution in [2.75, 3.05) is 30.4 Å². The van der Waals surface area contributed by atoms with E-state index >= 15 is 0 Å². The van der Waals surface area contributed by atoms with Crippen LogP contribution in [0.15, 0.2) is 36.4 Å². The van der Waals surface area contributed by atoms with Gasteiger partial charge in [-0.25, -0.2) is 0 Å². The molecule has 152 valence electrons. The van der Waals surface area contributed by atoms with Crippen LogP contribution in [0.5, 0.6) is 5.75 Å². The third-order valence-electron chi connectivity index (χ3n) is 4.72. The van der Waals surface area contributed by atoms with Gasteiger partial charge in [0.25, 0.3) is 5.91 Å². The Morgan fingerprint density at radius 2 is 1.83 bits per heavy atom. The zero-order valence-corrected chi connectivity index (χ0v) is 16.9. The first kappa shape index (κ1) is 20.4. The van der Waals surface area contributed by atoms with Crippen LogP contribution in [0.4, 0.5) is 11.4 Å². The van der Waals surface area contributed by atoms with Crippen molar-refractivity contribution in [1.29, 1.82) is 0 Å². The summed E-state index contributed by atoms with van der Waals surface area (Å²) in [5, 5.41) is 5.39. The highest BCUT2D eigenvalue weighted by atomic mass is 16.5. The summed E-state index contributed by atoms with van der Waals surface area (Å²) in [5.41, 5.74) is 3.66. The van der Waals surface area contributed by atoms with Gasteiger partial charge in [-0.15, -0.1) is 0 Å². The van der Waals surface area contributed by atoms with E-state index in [1.807, 2.05) is 19.9 Å². The molecule has 1 saturated heterocycles. The molecule has 1 aliphatic heterocycles. The second-order valence-electron chi connectivity index (χ2n) is 7.14. The van der Waals surface area contributed by atoms with Crippen LogP contribution in [-0.4, -0.2) is 37.9 Å². The molecule has 7 heteroatoms. The highest BCUT2D eigenvalue weighted by Crippen LogP contribution is 2.33. The van der Waals surface area contributed by atoms with Gasteiger partial charge in [0.2, 0.25) is 11.8 Å². The van der Waals surface area contributed by atoms with Gasteiger partial charge in [-0.05, 0) is 50.6 Å². The third kappa shape index (κ3) is 4.93. The number of nitrogens with zero attached hydrogens (tertiary/aromatic N) is 1. The number of carbonyl (C=O) groups is 3. The summed E-state index contributed by atoms with van der Waals surface area (Å²) in [7, 11) is 1.54. The summed E-state index contributed by atoms with van der Waals surface area (Å²) in [5.74, 6) is -0.0505. The van der Waals surface area contributed by atoms with Gasteiger partial charge in [0.15, 0.2) is 0 Å². The van der Waals surface area contributed by atoms with Crippen molar-refractivity contribution >= 4 is 29.1 Å². The Morgan fingerprint density at radius 1 is 1.10 bits per heavy atom. The topological polar surface area (TPSA) is 87.7 Å². The molecule has 1 aliphatic rings. The molecule has 2 aromatic carbocycles. The van der Waals surface area contributed by atoms with E-state index in [1.54, 1.807) is 42.3 Å². The van der Waals surface area contributed by atoms with Gasteiger partial charge in [0.05, 0.1) is 19.3 Å². The Balaban J connectivity index is 1.64. The quantitative estimate of drug-likeness (QED) is 0.787. The predicted molar refractivity (Wildman–Crippen MR) is 111 cm³/mol. The molecule has 3 amide bonds. The van der Waals surface area contributed by atoms with E-state index in [1.165, 1.54) is 0 Å². The molecule has 0 aliphatic carbocycles. The Bertz CT molecular complexity index is 935. The number of amides is 3. The van der Waals surface area contributed by atoms with Gasteiger partial charge in [-0.1, -0.05) is 17.2 Å². The van der Waals surface area contributed by atoms with Gasteiger partial charge < -0.3 is 20.3 Å². The van der Waals surface area contributed by atoms with Crippen LogP contribution in [0.25, 0.3) is 0 Å². The minimum Gasteiger partial charge on any atom is -0.495 e. The number of anilines is 2. The molecule has 1 fully saturated rings. The van der Waals surface area contributed by atoms with Crippen molar-refractivity contribution < 1.29 is 19.1 Å². The number of rotatable bonds is 6. The van der Waals surface area contributed by atoms with Gasteiger partial charge >= 0.3 is 0 Å². The molecule has 2 aromatic rings. The Morgan fingerprint density at radius 3 is 2.45 bits per heavy atom. The van der Waals surface area contributed by atoms with Crippen LogP contribution in [0.2, 0.25) is 0 Å². The number of hydrogen-bond acceptors (Lipinski definition) is 4. The van der Waals surface area contributed by atoms with Crippen molar-refractivity contribution in [3.05, 3.63) is 53.1 Å². The molecule has 2 N–H and O–H groups in total. The highest BCUT2D eigenvalue weighted by Gasteiger charge is 2.25. The molecule has 29 heavy (non-hydrogen) atoms. The lowest BCUT2D eigenvalue weighted by atomic mass is 10.1. The minimum atomic E-state index is -0.355. The third-order valence-corrected chi connectivity index (χ3v) is 4.72. The lowest BCUT2D eigenvalue weighted by Crippen LogP contribution is -2.33. The summed E-state index contributed by atoms with van der Waals surface area (Å²) in [6, 6.07) is 10.7. The van der Waals surface area contributed by atoms with E-state index < -0.39 is 0 Å². The van der Waals surface area contributed by atoms with Crippen molar-refractivity contribution in [1.82, 2.24) is 5.32 Å². The molecule has 0 radical (unpaired) electrons. The molecule has 0 atom stereocenters. The van der Waals surface area contributed by atoms with Crippen LogP contribution in [-0.2, 0) is 9.59 Å². The van der Waals surface area contributed by atoms with Gasteiger partial charge in [0, 0.05) is 24.2 Å². The SMILES string of the molecule is COc1ccc(NC(=O)CNC(=O)c2cc(C)cc(C)c2)cc1N1CCCC1=O. The van der Waals surface area contributed by atoms with E-state index in [2.05, 4.69) is 10.6 Å². The van der Waals surface area contributed by atoms with Crippen LogP contribution >= 0.6 is 0 Å². The number of aryl methyl sites for hydroxylation is 2. The zero-order valence-electron chi connectivity index (χ0n) is 16.9. The molecular formula is C22H25N3O4. The normalized spacial score (nSPS) is 13.3. The fourth-order valence-electron chi connectivity index (χ4n) is 3.46. The van der Waals surface area contributed by atoms with Gasteiger partial charge in [-0.2, -0.15) is 0 Å². The fraction of sp³-hybridized carbons (Fsp3) is 0.318. The number of hydrogen-bond donors (Lipinski definition) is 2. The summed E-state index contributed by atoms with van der Waals surface area (Å²) in [4.78, 5) is 38.3. The Labute approximate surface area is 170 Å². The van der Waals surface area contributed by atoms with Crippen molar-refractivity contribution in [3.63, 3.8) is 0 Å². The van der Waals surface area contributed by atoms with Crippen molar-refractivity contribution in [3.8, 4) is 5.75 Å². The second kappa shape index (κ2) is 8.77. The second-order valence-corrected chi connectivity index (χ2v) is 7.14. The molecule has 0 aromatic heterocycles. The van der Waals surface area contributed by atoms with Crippen LogP contribution in [0, 0.1) is 13.8 Å². The summed E-state index contributed by atoms with van der Waals surface area (Å²) in [6.07, 6.45) is 1.30. The molecule has 0 unspecified atom stereocenters. The summed E-state index contributed by atoms with van der Waals surface area (Å²) < 4.78 is 5.35. The van der Waals surface area contributed by atoms with E-state index in [-0.39, 0.29) is 24.3 Å². The van der Waals surface area contributed by atoms with Crippen LogP contribution in [0.1, 0.15) is 34.3 Å². The van der Waals surface area contributed by atoms with Gasteiger partial charge in [-0.3, -0.25) is 14.4 Å². The van der Waals surface area contributed by atoms with Crippen LogP contribution in [0.3, 0.4) is 0 Å². The smallest absolute Gasteiger partial charge is 0.251 e. The fourth-order valence-corrected chi connectivity index (χ4v) is 3.46. The number of carbonyl (C=O) groups excluding carboxylic acids is 3. The molecule has 0 spiro atoms. The number of nitrogens with one attached hydrogen (secondary N) is 2. The largest absolute Gasteiger partial charge is 0.495 e. The molecule has 0 bridgehead atoms. The monoisotopic (exact) mass is 395 g/mol. The molecule has 3 rings (SSSR count). The maximum absolute atomic E-state index is 12.3. The van der Waals surface area contributed by atoms with E-state index in [9.17, 15) is 14.4 Å². The minimum absolute atomic E-state index is 0.0347. The maximum atomic E-state index is 12.3. The first-order valence-corrected chi connectivity index (χ1v) is 9.52. The van der Waals surface area contributed by atoms with Gasteiger partial charge in [0.1, 0.15) is 5.75 Å². The molecule has 1 heterocycles. The Hall–Kier alpha value is -3.35. The molecule has 7 nitrogen and oxygen atoms in total. The van der Waals surface area contributed by atoms with E-state index in [0.717, 1.165) is 17.5 Å². The first-order chi connectivity index (χ1) is 13.9. The number of methoxy groups -OCH3 is 1. The average Bonchev–Trinajstić information content (AvgIpc) is 3.11. The lowest BCUT2D eigenvalue weighted by Gasteiger charge is -2.20. The van der Waals surface area contributed by atoms with E-state index in [4.69, 9.17) is 4.74 Å². The average molecular weight is 395 g/mol. The highest BCUT2D eigenvalue weighted by molar-refractivity contribution is 6.01. The lowest BCUT2D eigenvalue weighted by molar-refractivity contribution is -0.117. The zero-order chi connectivity index (χ0) is 21.0.